The molecule has 1 aliphatic rings. The van der Waals surface area contributed by atoms with Crippen molar-refractivity contribution in [1.29, 1.82) is 0 Å². The number of furan rings is 1. The third kappa shape index (κ3) is 4.40. The minimum Gasteiger partial charge on any atom is -0.467 e. The molecule has 5 rings (SSSR count). The average Bonchev–Trinajstić information content (AvgIpc) is 3.54. The van der Waals surface area contributed by atoms with E-state index in [4.69, 9.17) is 33.2 Å². The molecule has 36 heavy (non-hydrogen) atoms. The third-order valence-electron chi connectivity index (χ3n) is 6.46. The van der Waals surface area contributed by atoms with Gasteiger partial charge in [-0.25, -0.2) is 4.79 Å². The lowest BCUT2D eigenvalue weighted by Gasteiger charge is -2.36. The number of piperazine rings is 1. The van der Waals surface area contributed by atoms with Crippen molar-refractivity contribution in [3.63, 3.8) is 0 Å². The molecule has 0 amide bonds. The number of halogens is 1. The summed E-state index contributed by atoms with van der Waals surface area (Å²) in [5, 5.41) is 4.50. The van der Waals surface area contributed by atoms with Crippen molar-refractivity contribution in [2.24, 2.45) is 14.1 Å². The Kier molecular flexibility index (Phi) is 6.59. The molecule has 0 unspecified atom stereocenters. The number of aromatic nitrogens is 4. The second kappa shape index (κ2) is 9.82. The van der Waals surface area contributed by atoms with Crippen LogP contribution in [-0.4, -0.2) is 54.9 Å². The van der Waals surface area contributed by atoms with Crippen LogP contribution in [0.5, 0.6) is 0 Å². The lowest BCUT2D eigenvalue weighted by Crippen LogP contribution is -2.52. The van der Waals surface area contributed by atoms with Gasteiger partial charge in [-0.2, -0.15) is 4.98 Å². The van der Waals surface area contributed by atoms with Crippen LogP contribution in [0, 0.1) is 0 Å². The van der Waals surface area contributed by atoms with Gasteiger partial charge in [-0.3, -0.25) is 18.5 Å². The molecule has 1 aromatic carbocycles. The highest BCUT2D eigenvalue weighted by Crippen LogP contribution is 2.25. The van der Waals surface area contributed by atoms with E-state index in [1.54, 1.807) is 13.3 Å². The number of fused-ring (bicyclic) bond motifs is 1. The summed E-state index contributed by atoms with van der Waals surface area (Å²) in [5.74, 6) is 1.44. The second-order valence-electron chi connectivity index (χ2n) is 8.68. The lowest BCUT2D eigenvalue weighted by atomic mass is 10.2. The van der Waals surface area contributed by atoms with Crippen LogP contribution in [0.1, 0.15) is 11.3 Å². The molecule has 1 N–H and O–H groups in total. The Morgan fingerprint density at radius 1 is 1.08 bits per heavy atom. The fourth-order valence-corrected chi connectivity index (χ4v) is 4.87. The van der Waals surface area contributed by atoms with Crippen molar-refractivity contribution < 1.29 is 4.42 Å². The zero-order valence-electron chi connectivity index (χ0n) is 20.0. The van der Waals surface area contributed by atoms with E-state index < -0.39 is 5.69 Å². The molecule has 12 heteroatoms. The highest BCUT2D eigenvalue weighted by atomic mass is 35.5. The number of nitrogens with one attached hydrogen (secondary N) is 1. The zero-order valence-corrected chi connectivity index (χ0v) is 21.6. The number of aryl methyl sites for hydroxylation is 1. The fourth-order valence-electron chi connectivity index (χ4n) is 4.42. The van der Waals surface area contributed by atoms with E-state index in [9.17, 15) is 9.59 Å². The largest absolute Gasteiger partial charge is 0.467 e. The Morgan fingerprint density at radius 2 is 1.83 bits per heavy atom. The van der Waals surface area contributed by atoms with Crippen molar-refractivity contribution in [3.8, 4) is 0 Å². The maximum atomic E-state index is 13.2. The van der Waals surface area contributed by atoms with Crippen molar-refractivity contribution in [1.82, 2.24) is 28.9 Å². The minimum absolute atomic E-state index is 0.349. The predicted octanol–water partition coefficient (Wildman–Crippen LogP) is 1.93. The van der Waals surface area contributed by atoms with Crippen LogP contribution in [0.3, 0.4) is 0 Å². The van der Waals surface area contributed by atoms with Gasteiger partial charge in [0.1, 0.15) is 5.76 Å². The molecule has 1 saturated heterocycles. The van der Waals surface area contributed by atoms with Crippen LogP contribution in [0.2, 0.25) is 5.02 Å². The van der Waals surface area contributed by atoms with Crippen molar-refractivity contribution in [3.05, 3.63) is 79.8 Å². The Balaban J connectivity index is 1.45. The molecule has 4 aromatic rings. The molecule has 1 fully saturated rings. The SMILES string of the molecule is Cn1c(=O)c2c(nc(N3CCN(C(=S)NCc4ccco4)CC3)n2Cc2ccccc2Cl)n(C)c1=O. The van der Waals surface area contributed by atoms with Gasteiger partial charge in [-0.05, 0) is 36.0 Å². The van der Waals surface area contributed by atoms with Crippen LogP contribution in [0.15, 0.2) is 56.7 Å². The fraction of sp³-hybridized carbons (Fsp3) is 0.333. The summed E-state index contributed by atoms with van der Waals surface area (Å²) in [5.41, 5.74) is 0.772. The standard InChI is InChI=1S/C24H26ClN7O3S/c1-28-20-19(21(33)29(2)24(28)34)32(15-16-6-3-4-8-18(16)25)22(27-20)30-9-11-31(12-10-30)23(36)26-14-17-7-5-13-35-17/h3-8,13H,9-12,14-15H2,1-2H3,(H,26,36). The van der Waals surface area contributed by atoms with Gasteiger partial charge < -0.3 is 19.5 Å². The van der Waals surface area contributed by atoms with E-state index >= 15 is 0 Å². The van der Waals surface area contributed by atoms with Crippen LogP contribution < -0.4 is 21.5 Å². The molecule has 0 radical (unpaired) electrons. The van der Waals surface area contributed by atoms with E-state index in [0.717, 1.165) is 15.9 Å². The van der Waals surface area contributed by atoms with Crippen LogP contribution >= 0.6 is 23.8 Å². The third-order valence-corrected chi connectivity index (χ3v) is 7.23. The quantitative estimate of drug-likeness (QED) is 0.394. The summed E-state index contributed by atoms with van der Waals surface area (Å²) in [6.07, 6.45) is 1.64. The molecular formula is C24H26ClN7O3S. The van der Waals surface area contributed by atoms with Gasteiger partial charge in [0, 0.05) is 45.3 Å². The van der Waals surface area contributed by atoms with E-state index in [2.05, 4.69) is 15.1 Å². The Morgan fingerprint density at radius 3 is 2.53 bits per heavy atom. The number of rotatable bonds is 5. The predicted molar refractivity (Wildman–Crippen MR) is 143 cm³/mol. The molecule has 0 bridgehead atoms. The molecule has 10 nitrogen and oxygen atoms in total. The molecule has 0 atom stereocenters. The highest BCUT2D eigenvalue weighted by molar-refractivity contribution is 7.80. The van der Waals surface area contributed by atoms with Crippen LogP contribution in [-0.2, 0) is 27.2 Å². The van der Waals surface area contributed by atoms with Gasteiger partial charge in [0.15, 0.2) is 16.3 Å². The maximum absolute atomic E-state index is 13.2. The Labute approximate surface area is 217 Å². The van der Waals surface area contributed by atoms with Crippen molar-refractivity contribution >= 4 is 46.0 Å². The summed E-state index contributed by atoms with van der Waals surface area (Å²) >= 11 is 12.0. The number of imidazole rings is 1. The molecule has 188 valence electrons. The van der Waals surface area contributed by atoms with Crippen LogP contribution in [0.25, 0.3) is 11.2 Å². The average molecular weight is 528 g/mol. The molecule has 3 aromatic heterocycles. The molecule has 0 spiro atoms. The Hall–Kier alpha value is -3.57. The first-order valence-corrected chi connectivity index (χ1v) is 12.3. The molecular weight excluding hydrogens is 502 g/mol. The highest BCUT2D eigenvalue weighted by Gasteiger charge is 2.26. The van der Waals surface area contributed by atoms with Crippen LogP contribution in [0.4, 0.5) is 5.95 Å². The maximum Gasteiger partial charge on any atom is 0.332 e. The van der Waals surface area contributed by atoms with Gasteiger partial charge in [0.25, 0.3) is 5.56 Å². The van der Waals surface area contributed by atoms with E-state index in [0.29, 0.717) is 66.5 Å². The normalized spacial score (nSPS) is 14.0. The number of benzene rings is 1. The molecule has 4 heterocycles. The van der Waals surface area contributed by atoms with E-state index in [-0.39, 0.29) is 5.56 Å². The Bertz CT molecular complexity index is 1530. The van der Waals surface area contributed by atoms with Crippen molar-refractivity contribution in [2.75, 3.05) is 31.1 Å². The van der Waals surface area contributed by atoms with E-state index in [1.165, 1.54) is 11.6 Å². The van der Waals surface area contributed by atoms with Gasteiger partial charge in [0.2, 0.25) is 5.95 Å². The zero-order chi connectivity index (χ0) is 25.4. The lowest BCUT2D eigenvalue weighted by molar-refractivity contribution is 0.373. The number of nitrogens with zero attached hydrogens (tertiary/aromatic N) is 6. The summed E-state index contributed by atoms with van der Waals surface area (Å²) in [6.45, 7) is 3.51. The number of hydrogen-bond acceptors (Lipinski definition) is 6. The summed E-state index contributed by atoms with van der Waals surface area (Å²) in [6, 6.07) is 11.3. The van der Waals surface area contributed by atoms with E-state index in [1.807, 2.05) is 41.0 Å². The topological polar surface area (TPSA) is 93.5 Å². The van der Waals surface area contributed by atoms with Gasteiger partial charge in [-0.15, -0.1) is 0 Å². The minimum atomic E-state index is -0.417. The first-order chi connectivity index (χ1) is 17.3. The summed E-state index contributed by atoms with van der Waals surface area (Å²) < 4.78 is 9.74. The number of hydrogen-bond donors (Lipinski definition) is 1. The summed E-state index contributed by atoms with van der Waals surface area (Å²) in [4.78, 5) is 34.8. The first kappa shape index (κ1) is 24.1. The smallest absolute Gasteiger partial charge is 0.332 e. The second-order valence-corrected chi connectivity index (χ2v) is 9.47. The molecule has 0 saturated carbocycles. The number of thiocarbonyl (C=S) groups is 1. The number of anilines is 1. The molecule has 1 aliphatic heterocycles. The van der Waals surface area contributed by atoms with Crippen molar-refractivity contribution in [2.45, 2.75) is 13.1 Å². The first-order valence-electron chi connectivity index (χ1n) is 11.5. The van der Waals surface area contributed by atoms with Gasteiger partial charge in [-0.1, -0.05) is 29.8 Å². The monoisotopic (exact) mass is 527 g/mol. The van der Waals surface area contributed by atoms with Gasteiger partial charge >= 0.3 is 5.69 Å². The molecule has 0 aliphatic carbocycles. The van der Waals surface area contributed by atoms with Gasteiger partial charge in [0.05, 0.1) is 19.4 Å². The summed E-state index contributed by atoms with van der Waals surface area (Å²) in [7, 11) is 3.11.